The van der Waals surface area contributed by atoms with E-state index in [2.05, 4.69) is 39.3 Å². The number of rotatable bonds is 4. The number of benzene rings is 2. The molecule has 0 saturated carbocycles. The van der Waals surface area contributed by atoms with E-state index in [1.165, 1.54) is 0 Å². The fourth-order valence-electron chi connectivity index (χ4n) is 3.87. The van der Waals surface area contributed by atoms with Crippen LogP contribution in [0.15, 0.2) is 47.2 Å². The van der Waals surface area contributed by atoms with Crippen LogP contribution in [0.2, 0.25) is 5.02 Å². The Kier molecular flexibility index (Phi) is 5.17. The second kappa shape index (κ2) is 7.50. The van der Waals surface area contributed by atoms with Crippen LogP contribution in [-0.2, 0) is 0 Å². The van der Waals surface area contributed by atoms with Crippen LogP contribution < -0.4 is 9.64 Å². The summed E-state index contributed by atoms with van der Waals surface area (Å²) in [6.45, 7) is 6.15. The number of aromatic nitrogens is 2. The van der Waals surface area contributed by atoms with E-state index in [9.17, 15) is 4.79 Å². The van der Waals surface area contributed by atoms with Crippen LogP contribution in [0.4, 0.5) is 5.69 Å². The first-order valence-electron chi connectivity index (χ1n) is 9.34. The Morgan fingerprint density at radius 1 is 1.17 bits per heavy atom. The highest BCUT2D eigenvalue weighted by Gasteiger charge is 2.45. The summed E-state index contributed by atoms with van der Waals surface area (Å²) in [5, 5.41) is 0.650. The molecule has 0 saturated heterocycles. The van der Waals surface area contributed by atoms with Crippen molar-refractivity contribution in [1.29, 1.82) is 0 Å². The number of hydrogen-bond acceptors (Lipinski definition) is 3. The first kappa shape index (κ1) is 20.0. The number of methoxy groups -OCH3 is 1. The third kappa shape index (κ3) is 3.24. The Morgan fingerprint density at radius 3 is 2.48 bits per heavy atom. The van der Waals surface area contributed by atoms with Crippen molar-refractivity contribution in [2.24, 2.45) is 0 Å². The average molecular weight is 475 g/mol. The predicted molar refractivity (Wildman–Crippen MR) is 118 cm³/mol. The molecule has 2 aromatic carbocycles. The molecule has 0 N–H and O–H groups in total. The van der Waals surface area contributed by atoms with Crippen LogP contribution in [0.1, 0.15) is 53.2 Å². The molecular weight excluding hydrogens is 454 g/mol. The number of aryl methyl sites for hydroxylation is 1. The Balaban J connectivity index is 1.99. The summed E-state index contributed by atoms with van der Waals surface area (Å²) in [5.41, 5.74) is 4.04. The quantitative estimate of drug-likeness (QED) is 0.470. The molecule has 0 spiro atoms. The lowest BCUT2D eigenvalue weighted by molar-refractivity contribution is 0.0988. The van der Waals surface area contributed by atoms with E-state index in [1.807, 2.05) is 49.4 Å². The van der Waals surface area contributed by atoms with Gasteiger partial charge in [-0.15, -0.1) is 0 Å². The molecule has 0 aliphatic carbocycles. The van der Waals surface area contributed by atoms with E-state index in [4.69, 9.17) is 16.3 Å². The molecule has 5 nitrogen and oxygen atoms in total. The van der Waals surface area contributed by atoms with Crippen molar-refractivity contribution in [2.75, 3.05) is 12.0 Å². The number of nitrogens with zero attached hydrogens (tertiary/aromatic N) is 3. The second-order valence-electron chi connectivity index (χ2n) is 7.38. The minimum Gasteiger partial charge on any atom is -0.495 e. The lowest BCUT2D eigenvalue weighted by atomic mass is 10.0. The molecule has 1 unspecified atom stereocenters. The van der Waals surface area contributed by atoms with Gasteiger partial charge in [-0.3, -0.25) is 9.69 Å². The standard InChI is InChI=1S/C22H21BrClN3O2/c1-12(2)26-20-18(25-22(26)23)21(28)27(16-11-13(3)5-10-17(16)29-4)19(20)14-6-8-15(24)9-7-14/h5-12,19H,1-4H3. The van der Waals surface area contributed by atoms with E-state index >= 15 is 0 Å². The van der Waals surface area contributed by atoms with Crippen molar-refractivity contribution >= 4 is 39.1 Å². The van der Waals surface area contributed by atoms with Gasteiger partial charge in [0.2, 0.25) is 0 Å². The second-order valence-corrected chi connectivity index (χ2v) is 8.53. The van der Waals surface area contributed by atoms with E-state index < -0.39 is 0 Å². The predicted octanol–water partition coefficient (Wildman–Crippen LogP) is 5.95. The summed E-state index contributed by atoms with van der Waals surface area (Å²) in [5.74, 6) is 0.493. The molecule has 7 heteroatoms. The Labute approximate surface area is 183 Å². The molecule has 3 aromatic rings. The maximum absolute atomic E-state index is 13.6. The van der Waals surface area contributed by atoms with Crippen LogP contribution in [-0.4, -0.2) is 22.6 Å². The number of carbonyl (C=O) groups is 1. The smallest absolute Gasteiger partial charge is 0.279 e. The number of ether oxygens (including phenoxy) is 1. The minimum atomic E-state index is -0.341. The average Bonchev–Trinajstić information content (AvgIpc) is 3.15. The highest BCUT2D eigenvalue weighted by molar-refractivity contribution is 9.10. The summed E-state index contributed by atoms with van der Waals surface area (Å²) >= 11 is 9.66. The number of halogens is 2. The highest BCUT2D eigenvalue weighted by atomic mass is 79.9. The van der Waals surface area contributed by atoms with Crippen LogP contribution in [0.25, 0.3) is 0 Å². The molecule has 0 fully saturated rings. The van der Waals surface area contributed by atoms with E-state index in [-0.39, 0.29) is 18.0 Å². The maximum Gasteiger partial charge on any atom is 0.279 e. The summed E-state index contributed by atoms with van der Waals surface area (Å²) < 4.78 is 8.31. The summed E-state index contributed by atoms with van der Waals surface area (Å²) in [7, 11) is 1.61. The number of carbonyl (C=O) groups excluding carboxylic acids is 1. The largest absolute Gasteiger partial charge is 0.495 e. The van der Waals surface area contributed by atoms with Gasteiger partial charge in [-0.05, 0) is 72.1 Å². The SMILES string of the molecule is COc1ccc(C)cc1N1C(=O)c2nc(Br)n(C(C)C)c2C1c1ccc(Cl)cc1. The third-order valence-electron chi connectivity index (χ3n) is 5.14. The zero-order valence-corrected chi connectivity index (χ0v) is 19.0. The zero-order valence-electron chi connectivity index (χ0n) is 16.6. The molecule has 4 rings (SSSR count). The normalized spacial score (nSPS) is 15.9. The fourth-order valence-corrected chi connectivity index (χ4v) is 4.77. The van der Waals surface area contributed by atoms with Gasteiger partial charge in [0, 0.05) is 11.1 Å². The summed E-state index contributed by atoms with van der Waals surface area (Å²) in [6.07, 6.45) is 0. The Bertz CT molecular complexity index is 1090. The van der Waals surface area contributed by atoms with Gasteiger partial charge < -0.3 is 9.30 Å². The maximum atomic E-state index is 13.6. The number of anilines is 1. The number of imidazole rings is 1. The van der Waals surface area contributed by atoms with Crippen LogP contribution in [0.5, 0.6) is 5.75 Å². The first-order valence-corrected chi connectivity index (χ1v) is 10.5. The molecule has 29 heavy (non-hydrogen) atoms. The summed E-state index contributed by atoms with van der Waals surface area (Å²) in [4.78, 5) is 19.9. The minimum absolute atomic E-state index is 0.127. The van der Waals surface area contributed by atoms with E-state index in [1.54, 1.807) is 12.0 Å². The Morgan fingerprint density at radius 2 is 1.86 bits per heavy atom. The number of fused-ring (bicyclic) bond motifs is 1. The zero-order chi connectivity index (χ0) is 20.9. The van der Waals surface area contributed by atoms with Gasteiger partial charge in [-0.2, -0.15) is 0 Å². The lowest BCUT2D eigenvalue weighted by Crippen LogP contribution is -2.30. The fraction of sp³-hybridized carbons (Fsp3) is 0.273. The molecule has 1 aromatic heterocycles. The van der Waals surface area contributed by atoms with Crippen molar-refractivity contribution < 1.29 is 9.53 Å². The van der Waals surface area contributed by atoms with Gasteiger partial charge >= 0.3 is 0 Å². The van der Waals surface area contributed by atoms with E-state index in [0.29, 0.717) is 21.2 Å². The monoisotopic (exact) mass is 473 g/mol. The Hall–Kier alpha value is -2.31. The molecule has 2 heterocycles. The number of amides is 1. The molecular formula is C22H21BrClN3O2. The molecule has 1 atom stereocenters. The molecule has 0 radical (unpaired) electrons. The van der Waals surface area contributed by atoms with Gasteiger partial charge in [0.1, 0.15) is 11.8 Å². The van der Waals surface area contributed by atoms with Crippen LogP contribution in [0, 0.1) is 6.92 Å². The summed E-state index contributed by atoms with van der Waals surface area (Å²) in [6, 6.07) is 13.2. The van der Waals surface area contributed by atoms with Gasteiger partial charge in [0.15, 0.2) is 10.4 Å². The van der Waals surface area contributed by atoms with Crippen molar-refractivity contribution in [3.63, 3.8) is 0 Å². The van der Waals surface area contributed by atoms with Crippen molar-refractivity contribution in [2.45, 2.75) is 32.9 Å². The first-order chi connectivity index (χ1) is 13.8. The molecule has 150 valence electrons. The molecule has 1 amide bonds. The van der Waals surface area contributed by atoms with Gasteiger partial charge in [0.05, 0.1) is 18.5 Å². The van der Waals surface area contributed by atoms with Gasteiger partial charge in [-0.1, -0.05) is 29.8 Å². The van der Waals surface area contributed by atoms with Crippen molar-refractivity contribution in [3.8, 4) is 5.75 Å². The van der Waals surface area contributed by atoms with Crippen molar-refractivity contribution in [1.82, 2.24) is 9.55 Å². The number of hydrogen-bond donors (Lipinski definition) is 0. The van der Waals surface area contributed by atoms with E-state index in [0.717, 1.165) is 22.5 Å². The highest BCUT2D eigenvalue weighted by Crippen LogP contribution is 2.46. The van der Waals surface area contributed by atoms with Gasteiger partial charge in [-0.25, -0.2) is 4.98 Å². The van der Waals surface area contributed by atoms with Crippen molar-refractivity contribution in [3.05, 3.63) is 74.7 Å². The molecule has 1 aliphatic heterocycles. The van der Waals surface area contributed by atoms with Gasteiger partial charge in [0.25, 0.3) is 5.91 Å². The topological polar surface area (TPSA) is 47.4 Å². The molecule has 0 bridgehead atoms. The third-order valence-corrected chi connectivity index (χ3v) is 5.95. The van der Waals surface area contributed by atoms with Crippen LogP contribution in [0.3, 0.4) is 0 Å². The molecule has 1 aliphatic rings. The van der Waals surface area contributed by atoms with Crippen LogP contribution >= 0.6 is 27.5 Å². The lowest BCUT2D eigenvalue weighted by Gasteiger charge is -2.29.